The molecule has 0 fully saturated rings. The number of aromatic hydroxyl groups is 1. The van der Waals surface area contributed by atoms with Crippen molar-refractivity contribution in [2.45, 2.75) is 0 Å². The third-order valence-electron chi connectivity index (χ3n) is 2.87. The lowest BCUT2D eigenvalue weighted by Gasteiger charge is -2.04. The Kier molecular flexibility index (Phi) is 3.42. The number of benzene rings is 1. The summed E-state index contributed by atoms with van der Waals surface area (Å²) in [5.74, 6) is -0.265. The number of pyridine rings is 1. The predicted octanol–water partition coefficient (Wildman–Crippen LogP) is 4.92. The molecule has 0 bridgehead atoms. The van der Waals surface area contributed by atoms with Crippen molar-refractivity contribution in [1.82, 2.24) is 4.98 Å². The van der Waals surface area contributed by atoms with Gasteiger partial charge in [0.2, 0.25) is 0 Å². The minimum atomic E-state index is -0.544. The highest BCUT2D eigenvalue weighted by Gasteiger charge is 2.20. The molecule has 0 amide bonds. The Morgan fingerprint density at radius 3 is 2.40 bits per heavy atom. The Bertz CT molecular complexity index is 868. The van der Waals surface area contributed by atoms with Crippen LogP contribution in [0, 0.1) is 0 Å². The average Bonchev–Trinajstić information content (AvgIpc) is 2.73. The van der Waals surface area contributed by atoms with Crippen molar-refractivity contribution < 1.29 is 5.11 Å². The fourth-order valence-electron chi connectivity index (χ4n) is 1.97. The van der Waals surface area contributed by atoms with Gasteiger partial charge in [-0.2, -0.15) is 0 Å². The zero-order valence-electron chi connectivity index (χ0n) is 9.71. The summed E-state index contributed by atoms with van der Waals surface area (Å²) in [6.07, 6.45) is 0. The Hall–Kier alpha value is -1.20. The minimum Gasteiger partial charge on any atom is -0.505 e. The minimum absolute atomic E-state index is 0.248. The molecule has 2 heterocycles. The molecule has 20 heavy (non-hydrogen) atoms. The molecule has 3 aromatic rings. The normalized spacial score (nSPS) is 11.2. The lowest BCUT2D eigenvalue weighted by molar-refractivity contribution is 0.481. The van der Waals surface area contributed by atoms with Gasteiger partial charge in [-0.3, -0.25) is 4.79 Å². The quantitative estimate of drug-likeness (QED) is 0.657. The molecule has 0 saturated carbocycles. The molecule has 0 aliphatic carbocycles. The molecule has 2 N–H and O–H groups in total. The van der Waals surface area contributed by atoms with Crippen LogP contribution in [0.1, 0.15) is 0 Å². The summed E-state index contributed by atoms with van der Waals surface area (Å²) in [5.41, 5.74) is 0.861. The maximum Gasteiger partial charge on any atom is 0.271 e. The molecular weight excluding hydrogens is 341 g/mol. The molecule has 0 spiro atoms. The van der Waals surface area contributed by atoms with Gasteiger partial charge in [-0.05, 0) is 17.7 Å². The highest BCUT2D eigenvalue weighted by atomic mass is 35.5. The lowest BCUT2D eigenvalue weighted by Crippen LogP contribution is -2.04. The van der Waals surface area contributed by atoms with E-state index in [9.17, 15) is 9.90 Å². The van der Waals surface area contributed by atoms with E-state index >= 15 is 0 Å². The van der Waals surface area contributed by atoms with Crippen molar-refractivity contribution in [2.24, 2.45) is 0 Å². The number of thiophene rings is 1. The van der Waals surface area contributed by atoms with Gasteiger partial charge in [0, 0.05) is 10.6 Å². The summed E-state index contributed by atoms with van der Waals surface area (Å²) in [4.78, 5) is 14.6. The number of rotatable bonds is 1. The second kappa shape index (κ2) is 4.97. The van der Waals surface area contributed by atoms with Gasteiger partial charge in [0.05, 0.1) is 5.39 Å². The van der Waals surface area contributed by atoms with Crippen LogP contribution in [0.15, 0.2) is 29.1 Å². The number of H-pyrrole nitrogens is 1. The summed E-state index contributed by atoms with van der Waals surface area (Å²) in [6.45, 7) is 0. The molecule has 0 aliphatic heterocycles. The van der Waals surface area contributed by atoms with Crippen LogP contribution in [0.25, 0.3) is 21.3 Å². The van der Waals surface area contributed by atoms with E-state index in [2.05, 4.69) is 4.98 Å². The molecule has 0 radical (unpaired) electrons. The van der Waals surface area contributed by atoms with Gasteiger partial charge in [0.1, 0.15) is 14.2 Å². The van der Waals surface area contributed by atoms with E-state index in [1.54, 1.807) is 24.3 Å². The Morgan fingerprint density at radius 1 is 1.10 bits per heavy atom. The van der Waals surface area contributed by atoms with E-state index in [4.69, 9.17) is 34.8 Å². The summed E-state index contributed by atoms with van der Waals surface area (Å²) in [5, 5.41) is 10.9. The highest BCUT2D eigenvalue weighted by Crippen LogP contribution is 2.45. The lowest BCUT2D eigenvalue weighted by atomic mass is 10.1. The van der Waals surface area contributed by atoms with Gasteiger partial charge in [-0.1, -0.05) is 46.9 Å². The average molecular weight is 347 g/mol. The summed E-state index contributed by atoms with van der Waals surface area (Å²) in [7, 11) is 0. The third kappa shape index (κ3) is 2.09. The van der Waals surface area contributed by atoms with Gasteiger partial charge in [0.15, 0.2) is 5.75 Å². The van der Waals surface area contributed by atoms with E-state index in [1.165, 1.54) is 11.3 Å². The van der Waals surface area contributed by atoms with Crippen molar-refractivity contribution >= 4 is 56.4 Å². The standard InChI is InChI=1S/C13H6Cl3NO2S/c14-6-3-1-5(2-4-6)7-8-10(18)9(15)12(19)17-13(8)20-11(7)16/h1-4H,(H2,17,18,19). The van der Waals surface area contributed by atoms with Crippen molar-refractivity contribution in [3.05, 3.63) is 49.0 Å². The highest BCUT2D eigenvalue weighted by molar-refractivity contribution is 7.23. The van der Waals surface area contributed by atoms with Crippen molar-refractivity contribution in [3.63, 3.8) is 0 Å². The van der Waals surface area contributed by atoms with E-state index in [0.29, 0.717) is 25.1 Å². The number of fused-ring (bicyclic) bond motifs is 1. The van der Waals surface area contributed by atoms with Crippen molar-refractivity contribution in [3.8, 4) is 16.9 Å². The number of hydrogen-bond donors (Lipinski definition) is 2. The molecule has 102 valence electrons. The number of aromatic amines is 1. The second-order valence-corrected chi connectivity index (χ2v) is 6.52. The third-order valence-corrected chi connectivity index (χ3v) is 4.79. The molecule has 7 heteroatoms. The van der Waals surface area contributed by atoms with E-state index in [0.717, 1.165) is 5.56 Å². The molecule has 2 aromatic heterocycles. The van der Waals surface area contributed by atoms with Crippen molar-refractivity contribution in [1.29, 1.82) is 0 Å². The van der Waals surface area contributed by atoms with Crippen LogP contribution in [0.2, 0.25) is 14.4 Å². The Morgan fingerprint density at radius 2 is 1.75 bits per heavy atom. The van der Waals surface area contributed by atoms with Gasteiger partial charge in [0.25, 0.3) is 5.56 Å². The Balaban J connectivity index is 2.41. The molecule has 1 aromatic carbocycles. The van der Waals surface area contributed by atoms with Crippen LogP contribution in [-0.4, -0.2) is 10.1 Å². The topological polar surface area (TPSA) is 53.1 Å². The predicted molar refractivity (Wildman–Crippen MR) is 84.6 cm³/mol. The summed E-state index contributed by atoms with van der Waals surface area (Å²) in [6, 6.07) is 7.02. The van der Waals surface area contributed by atoms with Crippen LogP contribution in [0.3, 0.4) is 0 Å². The molecule has 0 unspecified atom stereocenters. The molecular formula is C13H6Cl3NO2S. The summed E-state index contributed by atoms with van der Waals surface area (Å²) >= 11 is 19.1. The first-order valence-electron chi connectivity index (χ1n) is 5.47. The van der Waals surface area contributed by atoms with Gasteiger partial charge in [-0.25, -0.2) is 0 Å². The fraction of sp³-hybridized carbons (Fsp3) is 0. The first kappa shape index (κ1) is 13.8. The van der Waals surface area contributed by atoms with E-state index in [1.807, 2.05) is 0 Å². The largest absolute Gasteiger partial charge is 0.505 e. The van der Waals surface area contributed by atoms with Crippen molar-refractivity contribution in [2.75, 3.05) is 0 Å². The maximum absolute atomic E-state index is 11.6. The van der Waals surface area contributed by atoms with E-state index in [-0.39, 0.29) is 10.8 Å². The zero-order chi connectivity index (χ0) is 14.4. The first-order valence-corrected chi connectivity index (χ1v) is 7.42. The molecule has 0 atom stereocenters. The SMILES string of the molecule is O=c1[nH]c2sc(Cl)c(-c3ccc(Cl)cc3)c2c(O)c1Cl. The monoisotopic (exact) mass is 345 g/mol. The molecule has 3 rings (SSSR count). The molecule has 0 saturated heterocycles. The van der Waals surface area contributed by atoms with Crippen LogP contribution in [0.4, 0.5) is 0 Å². The fourth-order valence-corrected chi connectivity index (χ4v) is 3.62. The second-order valence-electron chi connectivity index (χ2n) is 4.08. The van der Waals surface area contributed by atoms with E-state index < -0.39 is 5.56 Å². The van der Waals surface area contributed by atoms with Gasteiger partial charge in [-0.15, -0.1) is 11.3 Å². The Labute approximate surface area is 132 Å². The molecule has 3 nitrogen and oxygen atoms in total. The smallest absolute Gasteiger partial charge is 0.271 e. The van der Waals surface area contributed by atoms with Crippen LogP contribution in [-0.2, 0) is 0 Å². The molecule has 0 aliphatic rings. The van der Waals surface area contributed by atoms with Gasteiger partial charge < -0.3 is 10.1 Å². The zero-order valence-corrected chi connectivity index (χ0v) is 12.8. The number of nitrogens with one attached hydrogen (secondary N) is 1. The number of hydrogen-bond acceptors (Lipinski definition) is 3. The maximum atomic E-state index is 11.6. The van der Waals surface area contributed by atoms with Crippen LogP contribution in [0.5, 0.6) is 5.75 Å². The summed E-state index contributed by atoms with van der Waals surface area (Å²) < 4.78 is 0.454. The van der Waals surface area contributed by atoms with Crippen LogP contribution < -0.4 is 5.56 Å². The van der Waals surface area contributed by atoms with Gasteiger partial charge >= 0.3 is 0 Å². The number of halogens is 3. The first-order chi connectivity index (χ1) is 9.49. The number of aromatic nitrogens is 1. The van der Waals surface area contributed by atoms with Crippen LogP contribution >= 0.6 is 46.1 Å².